The van der Waals surface area contributed by atoms with E-state index >= 15 is 0 Å². The molecule has 1 heterocycles. The van der Waals surface area contributed by atoms with Crippen LogP contribution in [0.15, 0.2) is 24.3 Å². The lowest BCUT2D eigenvalue weighted by atomic mass is 9.98. The van der Waals surface area contributed by atoms with E-state index in [1.165, 1.54) is 0 Å². The number of nitrogens with one attached hydrogen (secondary N) is 1. The van der Waals surface area contributed by atoms with Gasteiger partial charge in [-0.25, -0.2) is 4.79 Å². The minimum Gasteiger partial charge on any atom is -0.497 e. The number of rotatable bonds is 4. The van der Waals surface area contributed by atoms with Gasteiger partial charge in [-0.3, -0.25) is 0 Å². The quantitative estimate of drug-likeness (QED) is 0.827. The first-order valence-corrected chi connectivity index (χ1v) is 5.40. The van der Waals surface area contributed by atoms with Crippen molar-refractivity contribution >= 4 is 11.7 Å². The molecule has 1 unspecified atom stereocenters. The van der Waals surface area contributed by atoms with Crippen LogP contribution in [-0.4, -0.2) is 36.9 Å². The molecular formula is C12H15NO4. The first-order chi connectivity index (χ1) is 8.16. The summed E-state index contributed by atoms with van der Waals surface area (Å²) in [5, 5.41) is 12.3. The van der Waals surface area contributed by atoms with Gasteiger partial charge in [-0.05, 0) is 12.1 Å². The number of hydrogen-bond acceptors (Lipinski definition) is 4. The van der Waals surface area contributed by atoms with E-state index in [0.717, 1.165) is 5.69 Å². The molecule has 1 aliphatic heterocycles. The fourth-order valence-electron chi connectivity index (χ4n) is 1.86. The molecule has 2 N–H and O–H groups in total. The lowest BCUT2D eigenvalue weighted by Crippen LogP contribution is -2.47. The van der Waals surface area contributed by atoms with Gasteiger partial charge in [0, 0.05) is 24.8 Å². The van der Waals surface area contributed by atoms with E-state index in [0.29, 0.717) is 18.8 Å². The monoisotopic (exact) mass is 237 g/mol. The van der Waals surface area contributed by atoms with Crippen LogP contribution in [0.5, 0.6) is 5.75 Å². The summed E-state index contributed by atoms with van der Waals surface area (Å²) in [5.41, 5.74) is -0.302. The maximum Gasteiger partial charge on any atom is 0.331 e. The van der Waals surface area contributed by atoms with Gasteiger partial charge in [-0.1, -0.05) is 6.07 Å². The highest BCUT2D eigenvalue weighted by molar-refractivity contribution is 5.83. The Balaban J connectivity index is 2.20. The molecule has 1 fully saturated rings. The Morgan fingerprint density at radius 2 is 2.41 bits per heavy atom. The molecule has 1 aromatic rings. The van der Waals surface area contributed by atoms with Crippen molar-refractivity contribution < 1.29 is 19.4 Å². The molecule has 0 saturated carbocycles. The molecule has 1 atom stereocenters. The average Bonchev–Trinajstić information content (AvgIpc) is 2.79. The van der Waals surface area contributed by atoms with E-state index in [1.54, 1.807) is 13.2 Å². The molecule has 17 heavy (non-hydrogen) atoms. The summed E-state index contributed by atoms with van der Waals surface area (Å²) in [5.74, 6) is -0.202. The van der Waals surface area contributed by atoms with Crippen molar-refractivity contribution in [3.05, 3.63) is 24.3 Å². The molecule has 0 bridgehead atoms. The number of benzene rings is 1. The van der Waals surface area contributed by atoms with E-state index in [-0.39, 0.29) is 6.61 Å². The highest BCUT2D eigenvalue weighted by Gasteiger charge is 2.42. The van der Waals surface area contributed by atoms with E-state index in [9.17, 15) is 9.90 Å². The minimum atomic E-state index is -1.02. The van der Waals surface area contributed by atoms with Crippen molar-refractivity contribution in [3.63, 3.8) is 0 Å². The van der Waals surface area contributed by atoms with Crippen molar-refractivity contribution in [2.45, 2.75) is 12.0 Å². The fraction of sp³-hybridized carbons (Fsp3) is 0.417. The van der Waals surface area contributed by atoms with Crippen LogP contribution in [0, 0.1) is 0 Å². The summed E-state index contributed by atoms with van der Waals surface area (Å²) in [6.45, 7) is 0.642. The molecule has 0 spiro atoms. The second-order valence-electron chi connectivity index (χ2n) is 4.05. The molecule has 2 rings (SSSR count). The van der Waals surface area contributed by atoms with Gasteiger partial charge in [0.2, 0.25) is 0 Å². The van der Waals surface area contributed by atoms with Crippen molar-refractivity contribution in [1.29, 1.82) is 0 Å². The highest BCUT2D eigenvalue weighted by Crippen LogP contribution is 2.26. The van der Waals surface area contributed by atoms with Crippen LogP contribution in [0.4, 0.5) is 5.69 Å². The van der Waals surface area contributed by atoms with Crippen LogP contribution in [0.3, 0.4) is 0 Å². The number of carboxylic acids is 1. The van der Waals surface area contributed by atoms with Gasteiger partial charge < -0.3 is 19.9 Å². The molecule has 1 aliphatic rings. The third-order valence-electron chi connectivity index (χ3n) is 2.88. The summed E-state index contributed by atoms with van der Waals surface area (Å²) in [7, 11) is 1.57. The molecule has 0 amide bonds. The largest absolute Gasteiger partial charge is 0.497 e. The van der Waals surface area contributed by atoms with Crippen molar-refractivity contribution in [1.82, 2.24) is 0 Å². The molecule has 0 aromatic heterocycles. The van der Waals surface area contributed by atoms with Crippen molar-refractivity contribution in [2.75, 3.05) is 25.6 Å². The van der Waals surface area contributed by atoms with Crippen molar-refractivity contribution in [3.8, 4) is 5.75 Å². The Morgan fingerprint density at radius 3 is 3.00 bits per heavy atom. The average molecular weight is 237 g/mol. The number of anilines is 1. The van der Waals surface area contributed by atoms with Gasteiger partial charge >= 0.3 is 5.97 Å². The van der Waals surface area contributed by atoms with E-state index in [1.807, 2.05) is 18.2 Å². The zero-order valence-corrected chi connectivity index (χ0v) is 9.60. The highest BCUT2D eigenvalue weighted by atomic mass is 16.5. The smallest absolute Gasteiger partial charge is 0.331 e. The van der Waals surface area contributed by atoms with Gasteiger partial charge in [-0.15, -0.1) is 0 Å². The molecule has 0 radical (unpaired) electrons. The van der Waals surface area contributed by atoms with E-state index < -0.39 is 11.5 Å². The SMILES string of the molecule is COc1cccc(NC2(C(=O)O)CCOC2)c1. The van der Waals surface area contributed by atoms with Crippen LogP contribution in [0.25, 0.3) is 0 Å². The lowest BCUT2D eigenvalue weighted by Gasteiger charge is -2.25. The van der Waals surface area contributed by atoms with E-state index in [4.69, 9.17) is 9.47 Å². The van der Waals surface area contributed by atoms with Crippen molar-refractivity contribution in [2.24, 2.45) is 0 Å². The summed E-state index contributed by atoms with van der Waals surface area (Å²) >= 11 is 0. The normalized spacial score (nSPS) is 23.4. The zero-order chi connectivity index (χ0) is 12.3. The first kappa shape index (κ1) is 11.7. The molecule has 5 nitrogen and oxygen atoms in total. The summed E-state index contributed by atoms with van der Waals surface area (Å²) < 4.78 is 10.3. The molecule has 5 heteroatoms. The van der Waals surface area contributed by atoms with Crippen LogP contribution in [0.1, 0.15) is 6.42 Å². The fourth-order valence-corrected chi connectivity index (χ4v) is 1.86. The predicted molar refractivity (Wildman–Crippen MR) is 62.4 cm³/mol. The second-order valence-corrected chi connectivity index (χ2v) is 4.05. The Morgan fingerprint density at radius 1 is 1.59 bits per heavy atom. The van der Waals surface area contributed by atoms with Crippen LogP contribution >= 0.6 is 0 Å². The number of carboxylic acid groups (broad SMARTS) is 1. The third-order valence-corrected chi connectivity index (χ3v) is 2.88. The predicted octanol–water partition coefficient (Wildman–Crippen LogP) is 1.35. The van der Waals surface area contributed by atoms with Gasteiger partial charge in [0.15, 0.2) is 5.54 Å². The number of methoxy groups -OCH3 is 1. The Hall–Kier alpha value is -1.75. The Bertz CT molecular complexity index is 413. The molecular weight excluding hydrogens is 222 g/mol. The topological polar surface area (TPSA) is 67.8 Å². The second kappa shape index (κ2) is 4.63. The minimum absolute atomic E-state index is 0.180. The van der Waals surface area contributed by atoms with Gasteiger partial charge in [0.25, 0.3) is 0 Å². The maximum absolute atomic E-state index is 11.3. The molecule has 1 saturated heterocycles. The Labute approximate surface area is 99.3 Å². The Kier molecular flexibility index (Phi) is 3.19. The van der Waals surface area contributed by atoms with Gasteiger partial charge in [0.05, 0.1) is 13.7 Å². The third kappa shape index (κ3) is 2.34. The summed E-state index contributed by atoms with van der Waals surface area (Å²) in [6, 6.07) is 7.20. The van der Waals surface area contributed by atoms with Crippen LogP contribution < -0.4 is 10.1 Å². The number of carbonyl (C=O) groups is 1. The molecule has 0 aliphatic carbocycles. The first-order valence-electron chi connectivity index (χ1n) is 5.40. The van der Waals surface area contributed by atoms with Gasteiger partial charge in [0.1, 0.15) is 5.75 Å². The van der Waals surface area contributed by atoms with Gasteiger partial charge in [-0.2, -0.15) is 0 Å². The summed E-state index contributed by atoms with van der Waals surface area (Å²) in [4.78, 5) is 11.3. The molecule has 92 valence electrons. The van der Waals surface area contributed by atoms with Crippen LogP contribution in [-0.2, 0) is 9.53 Å². The van der Waals surface area contributed by atoms with Crippen LogP contribution in [0.2, 0.25) is 0 Å². The maximum atomic E-state index is 11.3. The number of ether oxygens (including phenoxy) is 2. The summed E-state index contributed by atoms with van der Waals surface area (Å²) in [6.07, 6.45) is 0.458. The number of aliphatic carboxylic acids is 1. The lowest BCUT2D eigenvalue weighted by molar-refractivity contribution is -0.142. The number of hydrogen-bond donors (Lipinski definition) is 2. The zero-order valence-electron chi connectivity index (χ0n) is 9.60. The molecule has 1 aromatic carbocycles. The van der Waals surface area contributed by atoms with E-state index in [2.05, 4.69) is 5.32 Å². The standard InChI is InChI=1S/C12H15NO4/c1-16-10-4-2-3-9(7-10)13-12(11(14)15)5-6-17-8-12/h2-4,7,13H,5-6,8H2,1H3,(H,14,15).